The molecule has 0 radical (unpaired) electrons. The van der Waals surface area contributed by atoms with E-state index in [0.29, 0.717) is 12.6 Å². The predicted molar refractivity (Wildman–Crippen MR) is 106 cm³/mol. The monoisotopic (exact) mass is 367 g/mol. The minimum Gasteiger partial charge on any atom is -0.368 e. The van der Waals surface area contributed by atoms with E-state index in [4.69, 9.17) is 4.74 Å². The quantitative estimate of drug-likeness (QED) is 0.845. The average molecular weight is 367 g/mol. The molecule has 4 rings (SSSR count). The number of amides is 1. The maximum Gasteiger partial charge on any atom is 0.253 e. The smallest absolute Gasteiger partial charge is 0.253 e. The van der Waals surface area contributed by atoms with Crippen molar-refractivity contribution < 1.29 is 9.53 Å². The summed E-state index contributed by atoms with van der Waals surface area (Å²) in [7, 11) is 0. The molecule has 2 N–H and O–H groups in total. The van der Waals surface area contributed by atoms with Gasteiger partial charge < -0.3 is 20.3 Å². The van der Waals surface area contributed by atoms with Gasteiger partial charge >= 0.3 is 0 Å². The van der Waals surface area contributed by atoms with Gasteiger partial charge in [0.15, 0.2) is 0 Å². The first-order valence-corrected chi connectivity index (χ1v) is 9.57. The van der Waals surface area contributed by atoms with Crippen LogP contribution in [0.5, 0.6) is 0 Å². The molecule has 1 aromatic heterocycles. The molecular weight excluding hydrogens is 342 g/mol. The van der Waals surface area contributed by atoms with Crippen LogP contribution in [0.3, 0.4) is 0 Å². The molecule has 0 bridgehead atoms. The van der Waals surface area contributed by atoms with Gasteiger partial charge in [-0.3, -0.25) is 4.79 Å². The first-order valence-electron chi connectivity index (χ1n) is 9.57. The molecule has 2 saturated heterocycles. The van der Waals surface area contributed by atoms with Gasteiger partial charge in [-0.25, -0.2) is 4.98 Å². The Hall–Kier alpha value is -2.67. The highest BCUT2D eigenvalue weighted by molar-refractivity contribution is 5.94. The second-order valence-electron chi connectivity index (χ2n) is 7.08. The van der Waals surface area contributed by atoms with Gasteiger partial charge in [0.2, 0.25) is 5.95 Å². The van der Waals surface area contributed by atoms with Crippen molar-refractivity contribution in [3.8, 4) is 0 Å². The van der Waals surface area contributed by atoms with Gasteiger partial charge in [-0.2, -0.15) is 4.98 Å². The van der Waals surface area contributed by atoms with Crippen molar-refractivity contribution in [1.29, 1.82) is 0 Å². The summed E-state index contributed by atoms with van der Waals surface area (Å²) in [6.07, 6.45) is 3.83. The molecule has 27 heavy (non-hydrogen) atoms. The highest BCUT2D eigenvalue weighted by Crippen LogP contribution is 2.23. The van der Waals surface area contributed by atoms with Crippen molar-refractivity contribution in [3.63, 3.8) is 0 Å². The zero-order valence-corrected chi connectivity index (χ0v) is 15.6. The molecule has 0 saturated carbocycles. The van der Waals surface area contributed by atoms with E-state index >= 15 is 0 Å². The van der Waals surface area contributed by atoms with Gasteiger partial charge in [0.05, 0.1) is 0 Å². The molecule has 142 valence electrons. The van der Waals surface area contributed by atoms with E-state index in [9.17, 15) is 4.79 Å². The molecule has 2 aliphatic rings. The molecule has 7 nitrogen and oxygen atoms in total. The summed E-state index contributed by atoms with van der Waals surface area (Å²) in [6, 6.07) is 9.58. The zero-order chi connectivity index (χ0) is 18.6. The van der Waals surface area contributed by atoms with Crippen molar-refractivity contribution in [2.24, 2.45) is 0 Å². The number of hydrogen-bond donors (Lipinski definition) is 2. The lowest BCUT2D eigenvalue weighted by Gasteiger charge is -2.17. The lowest BCUT2D eigenvalue weighted by atomic mass is 10.2. The summed E-state index contributed by atoms with van der Waals surface area (Å²) < 4.78 is 5.41. The number of carbonyl (C=O) groups excluding carboxylic acids is 1. The molecule has 1 unspecified atom stereocenters. The lowest BCUT2D eigenvalue weighted by Crippen LogP contribution is -2.26. The summed E-state index contributed by atoms with van der Waals surface area (Å²) >= 11 is 0. The van der Waals surface area contributed by atoms with E-state index in [-0.39, 0.29) is 12.0 Å². The van der Waals surface area contributed by atoms with Crippen LogP contribution in [-0.4, -0.2) is 41.7 Å². The Morgan fingerprint density at radius 3 is 2.56 bits per heavy atom. The zero-order valence-electron chi connectivity index (χ0n) is 15.6. The predicted octanol–water partition coefficient (Wildman–Crippen LogP) is 3.25. The normalized spacial score (nSPS) is 19.3. The Bertz CT molecular complexity index is 797. The SMILES string of the molecule is Cc1cc(N2CCCC2)nc(Nc2ccc(NC(=O)C3CCCO3)cc2)n1. The van der Waals surface area contributed by atoms with E-state index in [1.165, 1.54) is 12.8 Å². The third-order valence-corrected chi connectivity index (χ3v) is 4.90. The fourth-order valence-electron chi connectivity index (χ4n) is 3.49. The van der Waals surface area contributed by atoms with E-state index in [0.717, 1.165) is 48.8 Å². The molecule has 2 fully saturated rings. The van der Waals surface area contributed by atoms with Crippen molar-refractivity contribution in [2.45, 2.75) is 38.7 Å². The topological polar surface area (TPSA) is 79.4 Å². The molecule has 1 amide bonds. The summed E-state index contributed by atoms with van der Waals surface area (Å²) in [5.74, 6) is 1.49. The Kier molecular flexibility index (Phi) is 5.20. The van der Waals surface area contributed by atoms with Gasteiger partial charge in [-0.1, -0.05) is 0 Å². The van der Waals surface area contributed by atoms with Gasteiger partial charge in [0.1, 0.15) is 11.9 Å². The standard InChI is InChI=1S/C20H25N5O2/c1-14-13-18(25-10-2-3-11-25)24-20(21-14)23-16-8-6-15(7-9-16)22-19(26)17-5-4-12-27-17/h6-9,13,17H,2-5,10-12H2,1H3,(H,22,26)(H,21,23,24). The van der Waals surface area contributed by atoms with Crippen molar-refractivity contribution in [1.82, 2.24) is 9.97 Å². The molecule has 7 heteroatoms. The number of ether oxygens (including phenoxy) is 1. The van der Waals surface area contributed by atoms with Crippen LogP contribution in [0.4, 0.5) is 23.1 Å². The van der Waals surface area contributed by atoms with Crippen LogP contribution in [0.1, 0.15) is 31.4 Å². The maximum atomic E-state index is 12.1. The van der Waals surface area contributed by atoms with Crippen molar-refractivity contribution in [2.75, 3.05) is 35.2 Å². The third kappa shape index (κ3) is 4.36. The van der Waals surface area contributed by atoms with Crippen LogP contribution < -0.4 is 15.5 Å². The number of nitrogens with zero attached hydrogens (tertiary/aromatic N) is 3. The molecule has 0 spiro atoms. The number of hydrogen-bond acceptors (Lipinski definition) is 6. The van der Waals surface area contributed by atoms with Crippen LogP contribution in [-0.2, 0) is 9.53 Å². The number of aromatic nitrogens is 2. The van der Waals surface area contributed by atoms with Gasteiger partial charge in [-0.05, 0) is 56.9 Å². The van der Waals surface area contributed by atoms with Crippen LogP contribution >= 0.6 is 0 Å². The molecule has 2 aliphatic heterocycles. The van der Waals surface area contributed by atoms with Gasteiger partial charge in [0, 0.05) is 42.8 Å². The van der Waals surface area contributed by atoms with Crippen molar-refractivity contribution in [3.05, 3.63) is 36.0 Å². The molecular formula is C20H25N5O2. The fourth-order valence-corrected chi connectivity index (χ4v) is 3.49. The summed E-state index contributed by atoms with van der Waals surface area (Å²) in [5.41, 5.74) is 2.57. The highest BCUT2D eigenvalue weighted by Gasteiger charge is 2.23. The maximum absolute atomic E-state index is 12.1. The number of benzene rings is 1. The second-order valence-corrected chi connectivity index (χ2v) is 7.08. The van der Waals surface area contributed by atoms with Gasteiger partial charge in [-0.15, -0.1) is 0 Å². The first-order chi connectivity index (χ1) is 13.2. The van der Waals surface area contributed by atoms with Crippen LogP contribution in [0.15, 0.2) is 30.3 Å². The number of carbonyl (C=O) groups is 1. The second kappa shape index (κ2) is 7.92. The number of anilines is 4. The molecule has 1 aromatic carbocycles. The summed E-state index contributed by atoms with van der Waals surface area (Å²) in [6.45, 7) is 4.75. The van der Waals surface area contributed by atoms with E-state index < -0.39 is 0 Å². The van der Waals surface area contributed by atoms with Crippen LogP contribution in [0.2, 0.25) is 0 Å². The number of nitrogens with one attached hydrogen (secondary N) is 2. The van der Waals surface area contributed by atoms with E-state index in [1.54, 1.807) is 0 Å². The minimum atomic E-state index is -0.326. The Morgan fingerprint density at radius 2 is 1.85 bits per heavy atom. The third-order valence-electron chi connectivity index (χ3n) is 4.90. The van der Waals surface area contributed by atoms with Crippen molar-refractivity contribution >= 4 is 29.0 Å². The number of rotatable bonds is 5. The minimum absolute atomic E-state index is 0.0783. The number of aryl methyl sites for hydroxylation is 1. The Morgan fingerprint density at radius 1 is 1.11 bits per heavy atom. The summed E-state index contributed by atoms with van der Waals surface area (Å²) in [5, 5.41) is 6.16. The van der Waals surface area contributed by atoms with Crippen LogP contribution in [0.25, 0.3) is 0 Å². The average Bonchev–Trinajstić information content (AvgIpc) is 3.37. The van der Waals surface area contributed by atoms with Crippen LogP contribution in [0, 0.1) is 6.92 Å². The summed E-state index contributed by atoms with van der Waals surface area (Å²) in [4.78, 5) is 23.6. The first kappa shape index (κ1) is 17.7. The fraction of sp³-hybridized carbons (Fsp3) is 0.450. The molecule has 2 aromatic rings. The van der Waals surface area contributed by atoms with Gasteiger partial charge in [0.25, 0.3) is 5.91 Å². The molecule has 3 heterocycles. The molecule has 0 aliphatic carbocycles. The highest BCUT2D eigenvalue weighted by atomic mass is 16.5. The Balaban J connectivity index is 1.41. The lowest BCUT2D eigenvalue weighted by molar-refractivity contribution is -0.124. The Labute approximate surface area is 159 Å². The molecule has 1 atom stereocenters. The largest absolute Gasteiger partial charge is 0.368 e. The van der Waals surface area contributed by atoms with E-state index in [1.807, 2.05) is 37.3 Å². The van der Waals surface area contributed by atoms with E-state index in [2.05, 4.69) is 25.5 Å².